The van der Waals surface area contributed by atoms with Crippen LogP contribution < -0.4 is 0 Å². The minimum Gasteiger partial charge on any atom is -0.493 e. The lowest BCUT2D eigenvalue weighted by Crippen LogP contribution is -2.50. The Kier molecular flexibility index (Phi) is 3.99. The molecule has 0 saturated carbocycles. The molecule has 3 rings (SSSR count). The molecule has 0 spiro atoms. The van der Waals surface area contributed by atoms with Crippen LogP contribution in [0.3, 0.4) is 0 Å². The van der Waals surface area contributed by atoms with E-state index in [1.54, 1.807) is 0 Å². The average Bonchev–Trinajstić information content (AvgIpc) is 2.47. The van der Waals surface area contributed by atoms with Gasteiger partial charge in [0.1, 0.15) is 12.2 Å². The first kappa shape index (κ1) is 14.5. The summed E-state index contributed by atoms with van der Waals surface area (Å²) in [5.41, 5.74) is 0.864. The first-order chi connectivity index (χ1) is 10.0. The number of fused-ring (bicyclic) bond motifs is 1. The Balaban J connectivity index is 1.78. The molecule has 1 fully saturated rings. The molecule has 2 heterocycles. The molecule has 2 aliphatic rings. The maximum atomic E-state index is 11.3. The van der Waals surface area contributed by atoms with Gasteiger partial charge in [0.2, 0.25) is 0 Å². The highest BCUT2D eigenvalue weighted by atomic mass is 32.2. The number of hydrogen-bond acceptors (Lipinski definition) is 6. The Hall–Kier alpha value is -1.41. The van der Waals surface area contributed by atoms with Gasteiger partial charge in [-0.1, -0.05) is 30.3 Å². The average molecular weight is 312 g/mol. The molecule has 1 aromatic rings. The highest BCUT2D eigenvalue weighted by molar-refractivity contribution is 7.86. The highest BCUT2D eigenvalue weighted by Gasteiger charge is 2.42. The lowest BCUT2D eigenvalue weighted by molar-refractivity contribution is -0.273. The number of hydrogen-bond donors (Lipinski definition) is 0. The van der Waals surface area contributed by atoms with Crippen molar-refractivity contribution in [1.29, 1.82) is 0 Å². The molecule has 1 unspecified atom stereocenters. The molecule has 1 saturated heterocycles. The van der Waals surface area contributed by atoms with E-state index in [1.165, 1.54) is 12.3 Å². The minimum absolute atomic E-state index is 0.304. The molecule has 0 aliphatic carbocycles. The zero-order valence-corrected chi connectivity index (χ0v) is 12.2. The second-order valence-electron chi connectivity index (χ2n) is 4.94. The van der Waals surface area contributed by atoms with Crippen molar-refractivity contribution >= 4 is 10.1 Å². The van der Waals surface area contributed by atoms with Crippen LogP contribution in [-0.2, 0) is 28.5 Å². The third-order valence-electron chi connectivity index (χ3n) is 3.26. The molecule has 1 aromatic carbocycles. The van der Waals surface area contributed by atoms with E-state index in [0.717, 1.165) is 11.8 Å². The van der Waals surface area contributed by atoms with Crippen molar-refractivity contribution in [2.24, 2.45) is 0 Å². The summed E-state index contributed by atoms with van der Waals surface area (Å²) in [6, 6.07) is 9.44. The fourth-order valence-corrected chi connectivity index (χ4v) is 2.94. The Morgan fingerprint density at radius 2 is 2.00 bits per heavy atom. The first-order valence-electron chi connectivity index (χ1n) is 6.55. The Morgan fingerprint density at radius 3 is 2.71 bits per heavy atom. The molecule has 0 radical (unpaired) electrons. The molecule has 4 atom stereocenters. The number of rotatable bonds is 3. The molecule has 2 aliphatic heterocycles. The predicted molar refractivity (Wildman–Crippen MR) is 73.7 cm³/mol. The molecule has 21 heavy (non-hydrogen) atoms. The van der Waals surface area contributed by atoms with Gasteiger partial charge in [0, 0.05) is 5.56 Å². The van der Waals surface area contributed by atoms with Crippen molar-refractivity contribution < 1.29 is 26.8 Å². The predicted octanol–water partition coefficient (Wildman–Crippen LogP) is 1.36. The summed E-state index contributed by atoms with van der Waals surface area (Å²) in [7, 11) is -3.58. The summed E-state index contributed by atoms with van der Waals surface area (Å²) in [4.78, 5) is 0. The van der Waals surface area contributed by atoms with Crippen molar-refractivity contribution in [2.75, 3.05) is 12.9 Å². The molecule has 6 nitrogen and oxygen atoms in total. The summed E-state index contributed by atoms with van der Waals surface area (Å²) in [5.74, 6) is 0. The van der Waals surface area contributed by atoms with Gasteiger partial charge < -0.3 is 14.2 Å². The maximum absolute atomic E-state index is 11.3. The lowest BCUT2D eigenvalue weighted by Gasteiger charge is -2.40. The van der Waals surface area contributed by atoms with Gasteiger partial charge in [-0.15, -0.1) is 0 Å². The summed E-state index contributed by atoms with van der Waals surface area (Å²) < 4.78 is 44.6. The van der Waals surface area contributed by atoms with Crippen LogP contribution in [0.15, 0.2) is 42.7 Å². The SMILES string of the molecule is CS(=O)(=O)O[C@H]1C=CO[C@@H]2COC(c3ccccc3)O[C@@H]12. The van der Waals surface area contributed by atoms with Crippen molar-refractivity contribution in [3.63, 3.8) is 0 Å². The van der Waals surface area contributed by atoms with Crippen molar-refractivity contribution in [1.82, 2.24) is 0 Å². The van der Waals surface area contributed by atoms with E-state index >= 15 is 0 Å². The highest BCUT2D eigenvalue weighted by Crippen LogP contribution is 2.32. The van der Waals surface area contributed by atoms with Gasteiger partial charge in [-0.3, -0.25) is 4.18 Å². The van der Waals surface area contributed by atoms with Crippen LogP contribution in [0.4, 0.5) is 0 Å². The van der Waals surface area contributed by atoms with Crippen LogP contribution in [0.5, 0.6) is 0 Å². The Labute approximate surface area is 123 Å². The number of ether oxygens (including phenoxy) is 3. The first-order valence-corrected chi connectivity index (χ1v) is 8.37. The van der Waals surface area contributed by atoms with Gasteiger partial charge in [0.25, 0.3) is 10.1 Å². The van der Waals surface area contributed by atoms with Gasteiger partial charge in [-0.2, -0.15) is 8.42 Å². The van der Waals surface area contributed by atoms with Crippen molar-refractivity contribution in [2.45, 2.75) is 24.6 Å². The summed E-state index contributed by atoms with van der Waals surface area (Å²) >= 11 is 0. The van der Waals surface area contributed by atoms with Crippen LogP contribution in [0.1, 0.15) is 11.9 Å². The zero-order chi connectivity index (χ0) is 14.9. The van der Waals surface area contributed by atoms with Crippen LogP contribution in [0.2, 0.25) is 0 Å². The van der Waals surface area contributed by atoms with Crippen LogP contribution in [0, 0.1) is 0 Å². The monoisotopic (exact) mass is 312 g/mol. The Morgan fingerprint density at radius 1 is 1.24 bits per heavy atom. The molecule has 0 N–H and O–H groups in total. The van der Waals surface area contributed by atoms with Gasteiger partial charge in [0.05, 0.1) is 19.1 Å². The van der Waals surface area contributed by atoms with Gasteiger partial charge in [-0.25, -0.2) is 0 Å². The fraction of sp³-hybridized carbons (Fsp3) is 0.429. The molecule has 7 heteroatoms. The van der Waals surface area contributed by atoms with E-state index in [0.29, 0.717) is 6.61 Å². The standard InChI is InChI=1S/C14H16O6S/c1-21(15,16)20-11-7-8-17-12-9-18-14(19-13(11)12)10-5-3-2-4-6-10/h2-8,11-14H,9H2,1H3/t11-,12+,13-,14?/m0/s1. The minimum atomic E-state index is -3.58. The summed E-state index contributed by atoms with van der Waals surface area (Å²) in [5, 5.41) is 0. The molecule has 0 aromatic heterocycles. The van der Waals surface area contributed by atoms with Crippen molar-refractivity contribution in [3.8, 4) is 0 Å². The Bertz CT molecular complexity index is 612. The number of benzene rings is 1. The summed E-state index contributed by atoms with van der Waals surface area (Å²) in [6.07, 6.45) is 1.77. The lowest BCUT2D eigenvalue weighted by atomic mass is 10.0. The normalized spacial score (nSPS) is 32.2. The third-order valence-corrected chi connectivity index (χ3v) is 3.83. The molecular weight excluding hydrogens is 296 g/mol. The van der Waals surface area contributed by atoms with Crippen LogP contribution in [-0.4, -0.2) is 39.6 Å². The third kappa shape index (κ3) is 3.44. The second kappa shape index (κ2) is 5.76. The smallest absolute Gasteiger partial charge is 0.265 e. The second-order valence-corrected chi connectivity index (χ2v) is 6.55. The van der Waals surface area contributed by atoms with Crippen LogP contribution >= 0.6 is 0 Å². The van der Waals surface area contributed by atoms with E-state index in [9.17, 15) is 8.42 Å². The molecule has 0 bridgehead atoms. The van der Waals surface area contributed by atoms with Gasteiger partial charge in [-0.05, 0) is 6.08 Å². The van der Waals surface area contributed by atoms with E-state index < -0.39 is 28.6 Å². The topological polar surface area (TPSA) is 71.1 Å². The molecular formula is C14H16O6S. The quantitative estimate of drug-likeness (QED) is 0.785. The van der Waals surface area contributed by atoms with E-state index in [-0.39, 0.29) is 6.10 Å². The van der Waals surface area contributed by atoms with E-state index in [4.69, 9.17) is 18.4 Å². The fourth-order valence-electron chi connectivity index (χ4n) is 2.36. The summed E-state index contributed by atoms with van der Waals surface area (Å²) in [6.45, 7) is 0.304. The largest absolute Gasteiger partial charge is 0.493 e. The van der Waals surface area contributed by atoms with Gasteiger partial charge in [0.15, 0.2) is 12.4 Å². The van der Waals surface area contributed by atoms with E-state index in [1.807, 2.05) is 30.3 Å². The van der Waals surface area contributed by atoms with Crippen molar-refractivity contribution in [3.05, 3.63) is 48.2 Å². The maximum Gasteiger partial charge on any atom is 0.265 e. The molecule has 0 amide bonds. The zero-order valence-electron chi connectivity index (χ0n) is 11.4. The molecule has 114 valence electrons. The van der Waals surface area contributed by atoms with E-state index in [2.05, 4.69) is 0 Å². The van der Waals surface area contributed by atoms with Crippen LogP contribution in [0.25, 0.3) is 0 Å². The van der Waals surface area contributed by atoms with Gasteiger partial charge >= 0.3 is 0 Å².